The molecule has 0 aromatic carbocycles. The maximum Gasteiger partial charge on any atom is 0.0656 e. The molecule has 0 saturated carbocycles. The summed E-state index contributed by atoms with van der Waals surface area (Å²) >= 11 is 5.68. The van der Waals surface area contributed by atoms with Crippen LogP contribution in [0.1, 0.15) is 12.8 Å². The Morgan fingerprint density at radius 1 is 1.58 bits per heavy atom. The summed E-state index contributed by atoms with van der Waals surface area (Å²) in [4.78, 5) is 2.24. The van der Waals surface area contributed by atoms with Crippen LogP contribution in [0.15, 0.2) is 11.6 Å². The molecule has 0 aromatic rings. The quantitative estimate of drug-likeness (QED) is 0.656. The molecule has 2 nitrogen and oxygen atoms in total. The summed E-state index contributed by atoms with van der Waals surface area (Å²) in [7, 11) is 0. The molecule has 0 atom stereocenters. The minimum atomic E-state index is 0.254. The molecule has 0 amide bonds. The van der Waals surface area contributed by atoms with Gasteiger partial charge in [-0.25, -0.2) is 0 Å². The fourth-order valence-electron chi connectivity index (χ4n) is 1.46. The third kappa shape index (κ3) is 2.84. The van der Waals surface area contributed by atoms with Crippen LogP contribution in [0, 0.1) is 17.2 Å². The largest absolute Gasteiger partial charge is 0.298 e. The van der Waals surface area contributed by atoms with Gasteiger partial charge < -0.3 is 0 Å². The van der Waals surface area contributed by atoms with Crippen molar-refractivity contribution >= 4 is 11.6 Å². The Bertz CT molecular complexity index is 199. The number of rotatable bonds is 2. The van der Waals surface area contributed by atoms with Gasteiger partial charge in [0.25, 0.3) is 0 Å². The SMILES string of the molecule is C=C(Cl)CN1CCC(C#N)CC1. The van der Waals surface area contributed by atoms with E-state index in [9.17, 15) is 0 Å². The van der Waals surface area contributed by atoms with Gasteiger partial charge in [0.2, 0.25) is 0 Å². The van der Waals surface area contributed by atoms with Crippen molar-refractivity contribution in [1.82, 2.24) is 4.90 Å². The van der Waals surface area contributed by atoms with Crippen molar-refractivity contribution in [2.75, 3.05) is 19.6 Å². The second kappa shape index (κ2) is 4.49. The lowest BCUT2D eigenvalue weighted by Crippen LogP contribution is -2.34. The Morgan fingerprint density at radius 2 is 2.17 bits per heavy atom. The third-order valence-electron chi connectivity index (χ3n) is 2.17. The first kappa shape index (κ1) is 9.57. The van der Waals surface area contributed by atoms with Crippen LogP contribution in [-0.2, 0) is 0 Å². The maximum atomic E-state index is 8.65. The molecule has 3 heteroatoms. The van der Waals surface area contributed by atoms with Crippen molar-refractivity contribution in [3.63, 3.8) is 0 Å². The Balaban J connectivity index is 2.27. The highest BCUT2D eigenvalue weighted by Crippen LogP contribution is 2.17. The van der Waals surface area contributed by atoms with Gasteiger partial charge in [-0.2, -0.15) is 5.26 Å². The molecule has 0 bridgehead atoms. The number of hydrogen-bond acceptors (Lipinski definition) is 2. The summed E-state index contributed by atoms with van der Waals surface area (Å²) in [5.74, 6) is 0.254. The van der Waals surface area contributed by atoms with E-state index in [2.05, 4.69) is 17.5 Å². The number of hydrogen-bond donors (Lipinski definition) is 0. The van der Waals surface area contributed by atoms with Crippen molar-refractivity contribution in [3.05, 3.63) is 11.6 Å². The molecule has 1 rings (SSSR count). The molecule has 1 fully saturated rings. The molecule has 1 aliphatic rings. The van der Waals surface area contributed by atoms with Gasteiger partial charge in [0.05, 0.1) is 6.07 Å². The number of nitrogens with zero attached hydrogens (tertiary/aromatic N) is 2. The predicted octanol–water partition coefficient (Wildman–Crippen LogP) is 1.97. The van der Waals surface area contributed by atoms with Gasteiger partial charge in [-0.05, 0) is 25.9 Å². The summed E-state index contributed by atoms with van der Waals surface area (Å²) in [5, 5.41) is 9.33. The molecule has 12 heavy (non-hydrogen) atoms. The number of halogens is 1. The monoisotopic (exact) mass is 184 g/mol. The van der Waals surface area contributed by atoms with Gasteiger partial charge in [-0.15, -0.1) is 0 Å². The van der Waals surface area contributed by atoms with Gasteiger partial charge in [0.1, 0.15) is 0 Å². The van der Waals surface area contributed by atoms with Crippen molar-refractivity contribution < 1.29 is 0 Å². The molecule has 1 heterocycles. The highest BCUT2D eigenvalue weighted by Gasteiger charge is 2.18. The molecule has 1 saturated heterocycles. The number of likely N-dealkylation sites (tertiary alicyclic amines) is 1. The van der Waals surface area contributed by atoms with E-state index in [-0.39, 0.29) is 5.92 Å². The van der Waals surface area contributed by atoms with Gasteiger partial charge in [0.15, 0.2) is 0 Å². The van der Waals surface area contributed by atoms with Crippen molar-refractivity contribution in [1.29, 1.82) is 5.26 Å². The van der Waals surface area contributed by atoms with Crippen LogP contribution >= 0.6 is 11.6 Å². The summed E-state index contributed by atoms with van der Waals surface area (Å²) in [6, 6.07) is 2.30. The Kier molecular flexibility index (Phi) is 3.58. The van der Waals surface area contributed by atoms with Crippen LogP contribution in [0.5, 0.6) is 0 Å². The molecular formula is C9H13ClN2. The summed E-state index contributed by atoms with van der Waals surface area (Å²) in [5.41, 5.74) is 0. The lowest BCUT2D eigenvalue weighted by molar-refractivity contribution is 0.224. The zero-order valence-corrected chi connectivity index (χ0v) is 7.85. The minimum Gasteiger partial charge on any atom is -0.298 e. The van der Waals surface area contributed by atoms with E-state index >= 15 is 0 Å². The second-order valence-electron chi connectivity index (χ2n) is 3.20. The van der Waals surface area contributed by atoms with E-state index in [1.165, 1.54) is 0 Å². The summed E-state index contributed by atoms with van der Waals surface area (Å²) < 4.78 is 0. The highest BCUT2D eigenvalue weighted by atomic mass is 35.5. The van der Waals surface area contributed by atoms with Crippen molar-refractivity contribution in [3.8, 4) is 6.07 Å². The fraction of sp³-hybridized carbons (Fsp3) is 0.667. The number of piperidine rings is 1. The topological polar surface area (TPSA) is 27.0 Å². The molecule has 0 N–H and O–H groups in total. The average Bonchev–Trinajstić information content (AvgIpc) is 2.05. The first-order valence-electron chi connectivity index (χ1n) is 4.17. The second-order valence-corrected chi connectivity index (χ2v) is 3.73. The van der Waals surface area contributed by atoms with Crippen LogP contribution in [0.4, 0.5) is 0 Å². The first-order chi connectivity index (χ1) is 5.72. The van der Waals surface area contributed by atoms with Crippen LogP contribution in [0.25, 0.3) is 0 Å². The molecule has 0 unspecified atom stereocenters. The Hall–Kier alpha value is -0.520. The van der Waals surface area contributed by atoms with Crippen molar-refractivity contribution in [2.45, 2.75) is 12.8 Å². The molecular weight excluding hydrogens is 172 g/mol. The van der Waals surface area contributed by atoms with E-state index in [0.29, 0.717) is 5.03 Å². The smallest absolute Gasteiger partial charge is 0.0656 e. The third-order valence-corrected chi connectivity index (χ3v) is 2.28. The molecule has 1 aliphatic heterocycles. The van der Waals surface area contributed by atoms with Gasteiger partial charge in [-0.3, -0.25) is 4.90 Å². The number of nitriles is 1. The lowest BCUT2D eigenvalue weighted by Gasteiger charge is -2.28. The molecule has 66 valence electrons. The maximum absolute atomic E-state index is 8.65. The van der Waals surface area contributed by atoms with Gasteiger partial charge in [0, 0.05) is 17.5 Å². The lowest BCUT2D eigenvalue weighted by atomic mass is 9.99. The van der Waals surface area contributed by atoms with E-state index < -0.39 is 0 Å². The zero-order valence-electron chi connectivity index (χ0n) is 7.09. The molecule has 0 radical (unpaired) electrons. The Morgan fingerprint density at radius 3 is 2.58 bits per heavy atom. The van der Waals surface area contributed by atoms with E-state index in [4.69, 9.17) is 16.9 Å². The molecule has 0 spiro atoms. The zero-order chi connectivity index (χ0) is 8.97. The van der Waals surface area contributed by atoms with Crippen LogP contribution in [0.2, 0.25) is 0 Å². The van der Waals surface area contributed by atoms with E-state index in [1.54, 1.807) is 0 Å². The molecule has 0 aliphatic carbocycles. The Labute approximate surface area is 78.4 Å². The average molecular weight is 185 g/mol. The minimum absolute atomic E-state index is 0.254. The van der Waals surface area contributed by atoms with Crippen LogP contribution in [0.3, 0.4) is 0 Å². The van der Waals surface area contributed by atoms with Gasteiger partial charge in [-0.1, -0.05) is 18.2 Å². The normalized spacial score (nSPS) is 20.3. The van der Waals surface area contributed by atoms with Gasteiger partial charge >= 0.3 is 0 Å². The molecule has 0 aromatic heterocycles. The standard InChI is InChI=1S/C9H13ClN2/c1-8(10)7-12-4-2-9(6-11)3-5-12/h9H,1-5,7H2. The van der Waals surface area contributed by atoms with E-state index in [0.717, 1.165) is 32.5 Å². The summed E-state index contributed by atoms with van der Waals surface area (Å²) in [6.45, 7) is 6.36. The highest BCUT2D eigenvalue weighted by molar-refractivity contribution is 6.29. The summed E-state index contributed by atoms with van der Waals surface area (Å²) in [6.07, 6.45) is 1.95. The predicted molar refractivity (Wildman–Crippen MR) is 49.8 cm³/mol. The first-order valence-corrected chi connectivity index (χ1v) is 4.55. The van der Waals surface area contributed by atoms with E-state index in [1.807, 2.05) is 0 Å². The van der Waals surface area contributed by atoms with Crippen molar-refractivity contribution in [2.24, 2.45) is 5.92 Å². The fourth-order valence-corrected chi connectivity index (χ4v) is 1.63. The van der Waals surface area contributed by atoms with Crippen LogP contribution in [-0.4, -0.2) is 24.5 Å². The van der Waals surface area contributed by atoms with Crippen LogP contribution < -0.4 is 0 Å².